The lowest BCUT2D eigenvalue weighted by molar-refractivity contribution is -0.121. The van der Waals surface area contributed by atoms with Crippen LogP contribution in [-0.2, 0) is 17.9 Å². The fraction of sp³-hybridized carbons (Fsp3) is 0.389. The SMILES string of the molecule is O=C(CCn1ccc(=O)[nH]c1=O)NCCn1nc(-c2ccco2)n(C2CC2)c1=O. The van der Waals surface area contributed by atoms with Crippen LogP contribution in [0.1, 0.15) is 25.3 Å². The van der Waals surface area contributed by atoms with E-state index in [9.17, 15) is 19.2 Å². The maximum absolute atomic E-state index is 12.7. The molecule has 0 spiro atoms. The molecule has 0 radical (unpaired) electrons. The van der Waals surface area contributed by atoms with E-state index in [1.807, 2.05) is 0 Å². The topological polar surface area (TPSA) is 137 Å². The van der Waals surface area contributed by atoms with Crippen molar-refractivity contribution in [2.75, 3.05) is 6.54 Å². The molecule has 1 amide bonds. The van der Waals surface area contributed by atoms with Gasteiger partial charge in [-0.1, -0.05) is 0 Å². The first-order valence-corrected chi connectivity index (χ1v) is 9.32. The summed E-state index contributed by atoms with van der Waals surface area (Å²) in [6.07, 6.45) is 4.80. The molecule has 0 saturated heterocycles. The van der Waals surface area contributed by atoms with Gasteiger partial charge in [0, 0.05) is 37.8 Å². The van der Waals surface area contributed by atoms with E-state index in [1.54, 1.807) is 16.7 Å². The molecule has 0 atom stereocenters. The molecule has 0 unspecified atom stereocenters. The van der Waals surface area contributed by atoms with Gasteiger partial charge in [-0.2, -0.15) is 0 Å². The number of hydrogen-bond donors (Lipinski definition) is 2. The third-order valence-corrected chi connectivity index (χ3v) is 4.65. The first kappa shape index (κ1) is 18.7. The van der Waals surface area contributed by atoms with Crippen molar-refractivity contribution in [2.24, 2.45) is 0 Å². The highest BCUT2D eigenvalue weighted by Gasteiger charge is 2.31. The first-order valence-electron chi connectivity index (χ1n) is 9.32. The molecule has 3 aromatic rings. The van der Waals surface area contributed by atoms with Gasteiger partial charge in [-0.25, -0.2) is 14.3 Å². The van der Waals surface area contributed by atoms with E-state index in [0.717, 1.165) is 12.8 Å². The summed E-state index contributed by atoms with van der Waals surface area (Å²) in [6.45, 7) is 0.579. The molecule has 11 nitrogen and oxygen atoms in total. The third kappa shape index (κ3) is 4.13. The minimum atomic E-state index is -0.562. The Labute approximate surface area is 163 Å². The van der Waals surface area contributed by atoms with Crippen LogP contribution >= 0.6 is 0 Å². The highest BCUT2D eigenvalue weighted by atomic mass is 16.3. The van der Waals surface area contributed by atoms with Crippen molar-refractivity contribution in [3.63, 3.8) is 0 Å². The third-order valence-electron chi connectivity index (χ3n) is 4.65. The van der Waals surface area contributed by atoms with Crippen molar-refractivity contribution >= 4 is 5.91 Å². The molecule has 0 aromatic carbocycles. The number of H-pyrrole nitrogens is 1. The summed E-state index contributed by atoms with van der Waals surface area (Å²) in [5.74, 6) is 0.749. The molecule has 29 heavy (non-hydrogen) atoms. The average molecular weight is 400 g/mol. The first-order chi connectivity index (χ1) is 14.0. The number of carbonyl (C=O) groups is 1. The zero-order valence-electron chi connectivity index (χ0n) is 15.5. The number of hydrogen-bond acceptors (Lipinski definition) is 6. The predicted octanol–water partition coefficient (Wildman–Crippen LogP) is -0.304. The molecule has 1 aliphatic rings. The summed E-state index contributed by atoms with van der Waals surface area (Å²) in [4.78, 5) is 49.5. The number of carbonyl (C=O) groups excluding carboxylic acids is 1. The van der Waals surface area contributed by atoms with Crippen LogP contribution in [0.25, 0.3) is 11.6 Å². The molecule has 1 saturated carbocycles. The maximum atomic E-state index is 12.7. The summed E-state index contributed by atoms with van der Waals surface area (Å²) >= 11 is 0. The lowest BCUT2D eigenvalue weighted by atomic mass is 10.4. The molecular formula is C18H20N6O5. The van der Waals surface area contributed by atoms with Gasteiger partial charge < -0.3 is 14.3 Å². The number of rotatable bonds is 8. The predicted molar refractivity (Wildman–Crippen MR) is 101 cm³/mol. The summed E-state index contributed by atoms with van der Waals surface area (Å²) in [5, 5.41) is 7.08. The Balaban J connectivity index is 1.35. The molecule has 3 aromatic heterocycles. The smallest absolute Gasteiger partial charge is 0.346 e. The van der Waals surface area contributed by atoms with E-state index in [4.69, 9.17) is 4.42 Å². The number of furan rings is 1. The van der Waals surface area contributed by atoms with Gasteiger partial charge in [-0.05, 0) is 25.0 Å². The van der Waals surface area contributed by atoms with Crippen molar-refractivity contribution < 1.29 is 9.21 Å². The highest BCUT2D eigenvalue weighted by Crippen LogP contribution is 2.36. The van der Waals surface area contributed by atoms with E-state index < -0.39 is 11.2 Å². The summed E-state index contributed by atoms with van der Waals surface area (Å²) < 4.78 is 9.60. The quantitative estimate of drug-likeness (QED) is 0.532. The normalized spacial score (nSPS) is 13.5. The maximum Gasteiger partial charge on any atom is 0.346 e. The van der Waals surface area contributed by atoms with Crippen LogP contribution in [0.4, 0.5) is 0 Å². The number of aryl methyl sites for hydroxylation is 1. The van der Waals surface area contributed by atoms with Gasteiger partial charge in [0.15, 0.2) is 5.76 Å². The Bertz CT molecular complexity index is 1180. The van der Waals surface area contributed by atoms with Crippen molar-refractivity contribution in [1.29, 1.82) is 0 Å². The Morgan fingerprint density at radius 1 is 1.24 bits per heavy atom. The van der Waals surface area contributed by atoms with E-state index in [-0.39, 0.29) is 43.7 Å². The summed E-state index contributed by atoms with van der Waals surface area (Å²) in [6, 6.07) is 4.86. The monoisotopic (exact) mass is 400 g/mol. The lowest BCUT2D eigenvalue weighted by Crippen LogP contribution is -2.34. The van der Waals surface area contributed by atoms with Gasteiger partial charge in [-0.15, -0.1) is 5.10 Å². The molecule has 152 valence electrons. The fourth-order valence-corrected chi connectivity index (χ4v) is 3.03. The van der Waals surface area contributed by atoms with Crippen LogP contribution in [0.2, 0.25) is 0 Å². The van der Waals surface area contributed by atoms with Crippen LogP contribution in [0, 0.1) is 0 Å². The number of amides is 1. The van der Waals surface area contributed by atoms with Crippen LogP contribution in [0.3, 0.4) is 0 Å². The van der Waals surface area contributed by atoms with E-state index in [1.165, 1.54) is 27.8 Å². The number of aromatic nitrogens is 5. The second-order valence-corrected chi connectivity index (χ2v) is 6.81. The van der Waals surface area contributed by atoms with Crippen LogP contribution < -0.4 is 22.3 Å². The lowest BCUT2D eigenvalue weighted by Gasteiger charge is -2.06. The molecule has 11 heteroatoms. The zero-order chi connectivity index (χ0) is 20.4. The molecule has 1 aliphatic carbocycles. The van der Waals surface area contributed by atoms with Gasteiger partial charge in [0.25, 0.3) is 5.56 Å². The second kappa shape index (κ2) is 7.78. The summed E-state index contributed by atoms with van der Waals surface area (Å²) in [7, 11) is 0. The van der Waals surface area contributed by atoms with Gasteiger partial charge in [0.05, 0.1) is 12.8 Å². The molecule has 2 N–H and O–H groups in total. The number of aromatic amines is 1. The number of nitrogens with zero attached hydrogens (tertiary/aromatic N) is 4. The van der Waals surface area contributed by atoms with Gasteiger partial charge in [-0.3, -0.25) is 19.1 Å². The largest absolute Gasteiger partial charge is 0.461 e. The van der Waals surface area contributed by atoms with Crippen LogP contribution in [0.15, 0.2) is 49.5 Å². The molecule has 3 heterocycles. The Hall–Kier alpha value is -3.63. The standard InChI is InChI=1S/C18H20N6O5/c25-14(5-8-22-9-6-15(26)20-17(22)27)19-7-10-23-18(28)24(12-3-4-12)16(21-23)13-2-1-11-29-13/h1-2,6,9,11-12H,3-5,7-8,10H2,(H,19,25)(H,20,26,27). The second-order valence-electron chi connectivity index (χ2n) is 6.81. The van der Waals surface area contributed by atoms with Crippen LogP contribution in [-0.4, -0.2) is 36.4 Å². The summed E-state index contributed by atoms with van der Waals surface area (Å²) in [5.41, 5.74) is -1.28. The highest BCUT2D eigenvalue weighted by molar-refractivity contribution is 5.75. The van der Waals surface area contributed by atoms with Crippen molar-refractivity contribution in [3.8, 4) is 11.6 Å². The Morgan fingerprint density at radius 2 is 2.07 bits per heavy atom. The number of nitrogens with one attached hydrogen (secondary N) is 2. The average Bonchev–Trinajstić information content (AvgIpc) is 3.26. The van der Waals surface area contributed by atoms with Crippen molar-refractivity contribution in [2.45, 2.75) is 38.4 Å². The van der Waals surface area contributed by atoms with Crippen molar-refractivity contribution in [3.05, 3.63) is 62.0 Å². The Morgan fingerprint density at radius 3 is 2.76 bits per heavy atom. The molecule has 0 aliphatic heterocycles. The molecule has 4 rings (SSSR count). The van der Waals surface area contributed by atoms with E-state index in [0.29, 0.717) is 11.6 Å². The van der Waals surface area contributed by atoms with Gasteiger partial charge in [0.1, 0.15) is 0 Å². The molecule has 0 bridgehead atoms. The van der Waals surface area contributed by atoms with Crippen LogP contribution in [0.5, 0.6) is 0 Å². The van der Waals surface area contributed by atoms with Crippen molar-refractivity contribution in [1.82, 2.24) is 29.2 Å². The van der Waals surface area contributed by atoms with E-state index in [2.05, 4.69) is 15.4 Å². The van der Waals surface area contributed by atoms with Gasteiger partial charge >= 0.3 is 11.4 Å². The minimum absolute atomic E-state index is 0.0645. The van der Waals surface area contributed by atoms with Gasteiger partial charge in [0.2, 0.25) is 11.7 Å². The fourth-order valence-electron chi connectivity index (χ4n) is 3.03. The minimum Gasteiger partial charge on any atom is -0.461 e. The molecule has 1 fully saturated rings. The zero-order valence-corrected chi connectivity index (χ0v) is 15.5. The van der Waals surface area contributed by atoms with E-state index >= 15 is 0 Å². The Kier molecular flexibility index (Phi) is 5.02. The molecular weight excluding hydrogens is 380 g/mol.